The summed E-state index contributed by atoms with van der Waals surface area (Å²) in [6.07, 6.45) is 2.29. The van der Waals surface area contributed by atoms with Crippen molar-refractivity contribution in [3.63, 3.8) is 0 Å². The van der Waals surface area contributed by atoms with Gasteiger partial charge in [-0.2, -0.15) is 4.31 Å². The third-order valence-electron chi connectivity index (χ3n) is 5.13. The zero-order chi connectivity index (χ0) is 20.3. The van der Waals surface area contributed by atoms with Gasteiger partial charge in [0, 0.05) is 12.6 Å². The maximum absolute atomic E-state index is 13.2. The van der Waals surface area contributed by atoms with E-state index < -0.39 is 16.1 Å². The summed E-state index contributed by atoms with van der Waals surface area (Å²) in [5.41, 5.74) is 2.00. The summed E-state index contributed by atoms with van der Waals surface area (Å²) in [6, 6.07) is 10.4. The first-order valence-electron chi connectivity index (χ1n) is 9.71. The fraction of sp³-hybridized carbons (Fsp3) is 0.476. The number of fused-ring (bicyclic) bond motifs is 1. The molecule has 0 radical (unpaired) electrons. The molecule has 1 aromatic carbocycles. The lowest BCUT2D eigenvalue weighted by atomic mass is 9.95. The smallest absolute Gasteiger partial charge is 0.253 e. The fourth-order valence-corrected chi connectivity index (χ4v) is 6.18. The number of hydrogen-bond donors (Lipinski definition) is 1. The van der Waals surface area contributed by atoms with Gasteiger partial charge in [0.25, 0.3) is 10.0 Å². The average molecular weight is 421 g/mol. The molecule has 5 nitrogen and oxygen atoms in total. The zero-order valence-corrected chi connectivity index (χ0v) is 18.2. The van der Waals surface area contributed by atoms with Crippen LogP contribution in [-0.4, -0.2) is 30.7 Å². The molecule has 7 heteroatoms. The van der Waals surface area contributed by atoms with Crippen molar-refractivity contribution in [1.82, 2.24) is 9.62 Å². The van der Waals surface area contributed by atoms with Crippen LogP contribution >= 0.6 is 11.3 Å². The average Bonchev–Trinajstić information content (AvgIpc) is 3.21. The van der Waals surface area contributed by atoms with E-state index in [4.69, 9.17) is 0 Å². The highest BCUT2D eigenvalue weighted by molar-refractivity contribution is 7.91. The third kappa shape index (κ3) is 4.64. The Morgan fingerprint density at radius 3 is 2.50 bits per heavy atom. The van der Waals surface area contributed by atoms with Crippen LogP contribution in [0.2, 0.25) is 0 Å². The Kier molecular flexibility index (Phi) is 6.58. The quantitative estimate of drug-likeness (QED) is 0.741. The van der Waals surface area contributed by atoms with Crippen molar-refractivity contribution >= 4 is 27.3 Å². The second-order valence-electron chi connectivity index (χ2n) is 7.85. The standard InChI is InChI=1S/C21H28N2O3S2/c1-15(2)10-11-16(3)22-21(24)19-13-17-7-4-5-8-18(17)14-23(19)28(25,26)20-9-6-12-27-20/h4-9,12,15-16,19H,10-11,13-14H2,1-3H3,(H,22,24). The molecule has 1 aromatic heterocycles. The second kappa shape index (κ2) is 8.76. The van der Waals surface area contributed by atoms with E-state index in [0.29, 0.717) is 12.3 Å². The highest BCUT2D eigenvalue weighted by atomic mass is 32.2. The Bertz CT molecular complexity index is 907. The van der Waals surface area contributed by atoms with Crippen LogP contribution < -0.4 is 5.32 Å². The zero-order valence-electron chi connectivity index (χ0n) is 16.6. The molecule has 152 valence electrons. The molecule has 1 N–H and O–H groups in total. The lowest BCUT2D eigenvalue weighted by molar-refractivity contribution is -0.125. The fourth-order valence-electron chi connectivity index (χ4n) is 3.50. The molecular formula is C21H28N2O3S2. The molecule has 2 heterocycles. The summed E-state index contributed by atoms with van der Waals surface area (Å²) in [7, 11) is -3.73. The van der Waals surface area contributed by atoms with Gasteiger partial charge in [-0.3, -0.25) is 4.79 Å². The summed E-state index contributed by atoms with van der Waals surface area (Å²) in [5.74, 6) is 0.350. The summed E-state index contributed by atoms with van der Waals surface area (Å²) < 4.78 is 28.1. The predicted molar refractivity (Wildman–Crippen MR) is 113 cm³/mol. The van der Waals surface area contributed by atoms with Gasteiger partial charge in [0.15, 0.2) is 0 Å². The van der Waals surface area contributed by atoms with Crippen LogP contribution in [0.15, 0.2) is 46.0 Å². The van der Waals surface area contributed by atoms with E-state index in [-0.39, 0.29) is 22.7 Å². The molecule has 0 saturated carbocycles. The van der Waals surface area contributed by atoms with E-state index in [1.807, 2.05) is 31.2 Å². The van der Waals surface area contributed by atoms with Gasteiger partial charge in [0.05, 0.1) is 0 Å². The predicted octanol–water partition coefficient (Wildman–Crippen LogP) is 3.80. The van der Waals surface area contributed by atoms with Gasteiger partial charge in [-0.1, -0.05) is 44.2 Å². The van der Waals surface area contributed by atoms with Crippen LogP contribution in [0.5, 0.6) is 0 Å². The first-order valence-corrected chi connectivity index (χ1v) is 12.0. The van der Waals surface area contributed by atoms with Crippen LogP contribution in [0.4, 0.5) is 0 Å². The Balaban J connectivity index is 1.86. The number of hydrogen-bond acceptors (Lipinski definition) is 4. The largest absolute Gasteiger partial charge is 0.352 e. The van der Waals surface area contributed by atoms with E-state index in [0.717, 1.165) is 24.0 Å². The maximum Gasteiger partial charge on any atom is 0.253 e. The van der Waals surface area contributed by atoms with Crippen molar-refractivity contribution in [2.24, 2.45) is 5.92 Å². The van der Waals surface area contributed by atoms with E-state index in [1.54, 1.807) is 17.5 Å². The van der Waals surface area contributed by atoms with Crippen molar-refractivity contribution in [2.75, 3.05) is 0 Å². The number of benzene rings is 1. The SMILES string of the molecule is CC(C)CCC(C)NC(=O)C1Cc2ccccc2CN1S(=O)(=O)c1cccs1. The minimum absolute atomic E-state index is 0.0124. The topological polar surface area (TPSA) is 66.5 Å². The van der Waals surface area contributed by atoms with Gasteiger partial charge in [0.1, 0.15) is 10.3 Å². The molecular weight excluding hydrogens is 392 g/mol. The molecule has 0 saturated heterocycles. The molecule has 3 rings (SSSR count). The summed E-state index contributed by atoms with van der Waals surface area (Å²) in [4.78, 5) is 13.1. The number of amides is 1. The summed E-state index contributed by atoms with van der Waals surface area (Å²) in [6.45, 7) is 6.51. The number of sulfonamides is 1. The maximum atomic E-state index is 13.2. The number of nitrogens with one attached hydrogen (secondary N) is 1. The highest BCUT2D eigenvalue weighted by Crippen LogP contribution is 2.31. The van der Waals surface area contributed by atoms with Gasteiger partial charge in [-0.25, -0.2) is 8.42 Å². The number of thiophene rings is 1. The number of carbonyl (C=O) groups excluding carboxylic acids is 1. The van der Waals surface area contributed by atoms with Crippen LogP contribution in [0.1, 0.15) is 44.7 Å². The van der Waals surface area contributed by atoms with Crippen molar-refractivity contribution < 1.29 is 13.2 Å². The van der Waals surface area contributed by atoms with E-state index in [9.17, 15) is 13.2 Å². The van der Waals surface area contributed by atoms with Crippen LogP contribution in [0.25, 0.3) is 0 Å². The Hall–Kier alpha value is -1.70. The summed E-state index contributed by atoms with van der Waals surface area (Å²) in [5, 5.41) is 4.79. The van der Waals surface area contributed by atoms with Crippen LogP contribution in [0, 0.1) is 5.92 Å². The Morgan fingerprint density at radius 1 is 1.14 bits per heavy atom. The number of rotatable bonds is 7. The molecule has 0 bridgehead atoms. The lowest BCUT2D eigenvalue weighted by Crippen LogP contribution is -2.53. The molecule has 0 aliphatic carbocycles. The minimum atomic E-state index is -3.73. The molecule has 1 amide bonds. The normalized spacial score (nSPS) is 18.6. The van der Waals surface area contributed by atoms with Crippen molar-refractivity contribution in [1.29, 1.82) is 0 Å². The van der Waals surface area contributed by atoms with E-state index in [2.05, 4.69) is 19.2 Å². The van der Waals surface area contributed by atoms with Gasteiger partial charge >= 0.3 is 0 Å². The summed E-state index contributed by atoms with van der Waals surface area (Å²) >= 11 is 1.18. The van der Waals surface area contributed by atoms with Gasteiger partial charge in [-0.05, 0) is 54.7 Å². The number of nitrogens with zero attached hydrogens (tertiary/aromatic N) is 1. The van der Waals surface area contributed by atoms with Gasteiger partial charge in [-0.15, -0.1) is 11.3 Å². The monoisotopic (exact) mass is 420 g/mol. The Morgan fingerprint density at radius 2 is 1.86 bits per heavy atom. The van der Waals surface area contributed by atoms with E-state index >= 15 is 0 Å². The lowest BCUT2D eigenvalue weighted by Gasteiger charge is -2.35. The molecule has 0 spiro atoms. The third-order valence-corrected chi connectivity index (χ3v) is 8.36. The first kappa shape index (κ1) is 21.0. The van der Waals surface area contributed by atoms with Crippen molar-refractivity contribution in [2.45, 2.75) is 62.9 Å². The van der Waals surface area contributed by atoms with Crippen molar-refractivity contribution in [3.05, 3.63) is 52.9 Å². The Labute approximate surface area is 171 Å². The molecule has 1 aliphatic rings. The van der Waals surface area contributed by atoms with Crippen LogP contribution in [-0.2, 0) is 27.8 Å². The van der Waals surface area contributed by atoms with Crippen LogP contribution in [0.3, 0.4) is 0 Å². The van der Waals surface area contributed by atoms with Crippen molar-refractivity contribution in [3.8, 4) is 0 Å². The minimum Gasteiger partial charge on any atom is -0.352 e. The first-order chi connectivity index (χ1) is 13.3. The van der Waals surface area contributed by atoms with Gasteiger partial charge in [0.2, 0.25) is 5.91 Å². The molecule has 2 aromatic rings. The molecule has 2 atom stereocenters. The molecule has 28 heavy (non-hydrogen) atoms. The van der Waals surface area contributed by atoms with Gasteiger partial charge < -0.3 is 5.32 Å². The highest BCUT2D eigenvalue weighted by Gasteiger charge is 2.40. The second-order valence-corrected chi connectivity index (χ2v) is 10.9. The number of carbonyl (C=O) groups is 1. The van der Waals surface area contributed by atoms with E-state index in [1.165, 1.54) is 15.6 Å². The molecule has 1 aliphatic heterocycles. The molecule has 2 unspecified atom stereocenters. The molecule has 0 fully saturated rings.